The molecule has 0 aliphatic carbocycles. The van der Waals surface area contributed by atoms with Crippen LogP contribution >= 0.6 is 22.7 Å². The number of esters is 1. The average Bonchev–Trinajstić information content (AvgIpc) is 3.68. The summed E-state index contributed by atoms with van der Waals surface area (Å²) in [5.74, 6) is -2.53. The Morgan fingerprint density at radius 1 is 0.884 bits per heavy atom. The summed E-state index contributed by atoms with van der Waals surface area (Å²) in [5.41, 5.74) is 13.9. The highest BCUT2D eigenvalue weighted by molar-refractivity contribution is 7.14. The van der Waals surface area contributed by atoms with Crippen LogP contribution in [0.1, 0.15) is 37.7 Å². The maximum Gasteiger partial charge on any atom is 0.357 e. The van der Waals surface area contributed by atoms with Gasteiger partial charge in [-0.2, -0.15) is 5.26 Å². The highest BCUT2D eigenvalue weighted by atomic mass is 32.1. The first-order valence-electron chi connectivity index (χ1n) is 12.5. The fraction of sp³-hybridized carbons (Fsp3) is 0.179. The van der Waals surface area contributed by atoms with Crippen molar-refractivity contribution in [2.24, 2.45) is 11.5 Å². The Bertz CT molecular complexity index is 1620. The van der Waals surface area contributed by atoms with Gasteiger partial charge in [0.2, 0.25) is 11.8 Å². The van der Waals surface area contributed by atoms with E-state index in [0.717, 1.165) is 28.2 Å². The highest BCUT2D eigenvalue weighted by Gasteiger charge is 2.19. The summed E-state index contributed by atoms with van der Waals surface area (Å²) in [7, 11) is 1.25. The summed E-state index contributed by atoms with van der Waals surface area (Å²) in [6.45, 7) is 0. The number of benzene rings is 2. The van der Waals surface area contributed by atoms with Gasteiger partial charge in [0.15, 0.2) is 21.7 Å². The molecule has 0 saturated heterocycles. The van der Waals surface area contributed by atoms with Crippen molar-refractivity contribution in [2.45, 2.75) is 24.9 Å². The normalized spacial score (nSPS) is 11.6. The zero-order chi connectivity index (χ0) is 31.4. The second-order valence-electron chi connectivity index (χ2n) is 8.73. The smallest absolute Gasteiger partial charge is 0.357 e. The zero-order valence-electron chi connectivity index (χ0n) is 22.7. The summed E-state index contributed by atoms with van der Waals surface area (Å²) < 4.78 is 4.54. The minimum atomic E-state index is -1.13. The summed E-state index contributed by atoms with van der Waals surface area (Å²) in [4.78, 5) is 53.7. The lowest BCUT2D eigenvalue weighted by molar-refractivity contribution is -0.118. The highest BCUT2D eigenvalue weighted by Crippen LogP contribution is 2.18. The number of nitrogens with zero attached hydrogens (tertiary/aromatic N) is 3. The third kappa shape index (κ3) is 9.80. The molecule has 7 N–H and O–H groups in total. The fourth-order valence-corrected chi connectivity index (χ4v) is 4.82. The van der Waals surface area contributed by atoms with Crippen molar-refractivity contribution >= 4 is 56.7 Å². The van der Waals surface area contributed by atoms with Gasteiger partial charge in [-0.05, 0) is 30.0 Å². The van der Waals surface area contributed by atoms with Crippen LogP contribution in [0.4, 0.5) is 10.3 Å². The number of carbonyl (C=O) groups excluding carboxylic acids is 3. The van der Waals surface area contributed by atoms with Gasteiger partial charge in [0.25, 0.3) is 0 Å². The Hall–Kier alpha value is -5.01. The number of aromatic nitrogens is 2. The number of carboxylic acids is 1. The molecule has 4 rings (SSSR count). The van der Waals surface area contributed by atoms with Crippen molar-refractivity contribution in [3.8, 4) is 6.07 Å². The number of aromatic carboxylic acids is 1. The molecule has 0 radical (unpaired) electrons. The lowest BCUT2D eigenvalue weighted by Crippen LogP contribution is -2.37. The van der Waals surface area contributed by atoms with Gasteiger partial charge in [-0.1, -0.05) is 48.5 Å². The van der Waals surface area contributed by atoms with Crippen LogP contribution in [0, 0.1) is 11.3 Å². The van der Waals surface area contributed by atoms with E-state index in [1.54, 1.807) is 24.3 Å². The molecule has 0 bridgehead atoms. The van der Waals surface area contributed by atoms with Crippen LogP contribution in [-0.4, -0.2) is 58.0 Å². The molecule has 2 atom stereocenters. The topological polar surface area (TPSA) is 223 Å². The van der Waals surface area contributed by atoms with Crippen molar-refractivity contribution in [3.05, 3.63) is 93.4 Å². The molecule has 0 fully saturated rings. The van der Waals surface area contributed by atoms with Crippen LogP contribution in [0.25, 0.3) is 0 Å². The number of thiazole rings is 2. The number of rotatable bonds is 10. The summed E-state index contributed by atoms with van der Waals surface area (Å²) >= 11 is 2.15. The Kier molecular flexibility index (Phi) is 12.0. The first kappa shape index (κ1) is 32.5. The van der Waals surface area contributed by atoms with Gasteiger partial charge < -0.3 is 31.9 Å². The van der Waals surface area contributed by atoms with Crippen molar-refractivity contribution in [1.29, 1.82) is 5.26 Å². The summed E-state index contributed by atoms with van der Waals surface area (Å²) in [6.07, 6.45) is 0.634. The van der Waals surface area contributed by atoms with E-state index in [1.165, 1.54) is 17.9 Å². The molecule has 0 unspecified atom stereocenters. The Morgan fingerprint density at radius 3 is 1.98 bits per heavy atom. The quantitative estimate of drug-likeness (QED) is 0.162. The molecule has 0 saturated carbocycles. The monoisotopic (exact) mass is 621 g/mol. The Morgan fingerprint density at radius 2 is 1.42 bits per heavy atom. The first-order chi connectivity index (χ1) is 20.6. The number of nitriles is 1. The molecule has 13 nitrogen and oxygen atoms in total. The van der Waals surface area contributed by atoms with E-state index in [-0.39, 0.29) is 34.0 Å². The number of anilines is 2. The van der Waals surface area contributed by atoms with Gasteiger partial charge in [0.1, 0.15) is 0 Å². The van der Waals surface area contributed by atoms with E-state index in [1.807, 2.05) is 30.3 Å². The van der Waals surface area contributed by atoms with Gasteiger partial charge in [0, 0.05) is 10.8 Å². The molecule has 2 aromatic carbocycles. The zero-order valence-corrected chi connectivity index (χ0v) is 24.4. The predicted octanol–water partition coefficient (Wildman–Crippen LogP) is 2.66. The third-order valence-corrected chi connectivity index (χ3v) is 7.15. The van der Waals surface area contributed by atoms with E-state index < -0.39 is 29.9 Å². The molecule has 2 aromatic heterocycles. The van der Waals surface area contributed by atoms with E-state index in [4.69, 9.17) is 21.8 Å². The van der Waals surface area contributed by atoms with Crippen molar-refractivity contribution in [3.63, 3.8) is 0 Å². The average molecular weight is 622 g/mol. The first-order valence-corrected chi connectivity index (χ1v) is 14.2. The number of amides is 2. The second kappa shape index (κ2) is 15.8. The lowest BCUT2D eigenvalue weighted by atomic mass is 10.0. The van der Waals surface area contributed by atoms with Crippen LogP contribution in [0.5, 0.6) is 0 Å². The minimum absolute atomic E-state index is 0.0954. The predicted molar refractivity (Wildman–Crippen MR) is 161 cm³/mol. The lowest BCUT2D eigenvalue weighted by Gasteiger charge is -2.11. The number of carboxylic acid groups (broad SMARTS) is 1. The van der Waals surface area contributed by atoms with E-state index in [0.29, 0.717) is 17.5 Å². The third-order valence-electron chi connectivity index (χ3n) is 5.63. The fourth-order valence-electron chi connectivity index (χ4n) is 3.45. The van der Waals surface area contributed by atoms with Gasteiger partial charge in [0.05, 0.1) is 30.8 Å². The van der Waals surface area contributed by atoms with Crippen molar-refractivity contribution in [2.75, 3.05) is 17.7 Å². The van der Waals surface area contributed by atoms with E-state index in [2.05, 4.69) is 31.4 Å². The van der Waals surface area contributed by atoms with E-state index >= 15 is 0 Å². The molecule has 0 aliphatic heterocycles. The summed E-state index contributed by atoms with van der Waals surface area (Å²) in [6, 6.07) is 16.9. The molecule has 0 aliphatic rings. The molecule has 15 heteroatoms. The Labute approximate surface area is 254 Å². The molecule has 0 spiro atoms. The van der Waals surface area contributed by atoms with Crippen molar-refractivity contribution < 1.29 is 29.0 Å². The SMILES string of the molecule is COC(=O)c1csc(NC(=O)[C@@H](N)Cc2ccccc2C#N)n1.N[C@@H](Cc1ccccc1)C(=O)Nc1nc(C(=O)O)cs1. The molecular formula is C28H27N7O6S2. The molecule has 2 amide bonds. The second-order valence-corrected chi connectivity index (χ2v) is 10.4. The molecule has 43 heavy (non-hydrogen) atoms. The van der Waals surface area contributed by atoms with Gasteiger partial charge in [-0.15, -0.1) is 22.7 Å². The van der Waals surface area contributed by atoms with Crippen LogP contribution in [0.3, 0.4) is 0 Å². The number of nitrogens with one attached hydrogen (secondary N) is 2. The van der Waals surface area contributed by atoms with Gasteiger partial charge in [-0.3, -0.25) is 9.59 Å². The number of hydrogen-bond acceptors (Lipinski definition) is 12. The molecular weight excluding hydrogens is 594 g/mol. The Balaban J connectivity index is 0.000000238. The maximum absolute atomic E-state index is 12.1. The van der Waals surface area contributed by atoms with Crippen LogP contribution < -0.4 is 22.1 Å². The van der Waals surface area contributed by atoms with Crippen LogP contribution in [0.15, 0.2) is 65.4 Å². The number of carbonyl (C=O) groups is 4. The number of methoxy groups -OCH3 is 1. The largest absolute Gasteiger partial charge is 0.476 e. The van der Waals surface area contributed by atoms with Gasteiger partial charge in [-0.25, -0.2) is 19.6 Å². The number of ether oxygens (including phenoxy) is 1. The number of hydrogen-bond donors (Lipinski definition) is 5. The number of nitrogens with two attached hydrogens (primary N) is 2. The van der Waals surface area contributed by atoms with Crippen LogP contribution in [-0.2, 0) is 27.2 Å². The van der Waals surface area contributed by atoms with Crippen LogP contribution in [0.2, 0.25) is 0 Å². The minimum Gasteiger partial charge on any atom is -0.476 e. The molecule has 222 valence electrons. The van der Waals surface area contributed by atoms with E-state index in [9.17, 15) is 19.2 Å². The van der Waals surface area contributed by atoms with Crippen molar-refractivity contribution in [1.82, 2.24) is 9.97 Å². The molecule has 4 aromatic rings. The summed E-state index contributed by atoms with van der Waals surface area (Å²) in [5, 5.41) is 26.2. The van der Waals surface area contributed by atoms with Gasteiger partial charge >= 0.3 is 11.9 Å². The maximum atomic E-state index is 12.1. The molecule has 2 heterocycles. The standard InChI is InChI=1S/C15H14N4O3S.C13H13N3O3S/c1-22-14(21)12-8-23-15(18-12)19-13(20)11(17)6-9-4-2-3-5-10(9)7-16;14-9(6-8-4-2-1-3-5-8)11(17)16-13-15-10(7-20-13)12(18)19/h2-5,8,11H,6,17H2,1H3,(H,18,19,20);1-5,7,9H,6,14H2,(H,18,19)(H,15,16,17)/t11-;9-/m00/s1.